The first-order chi connectivity index (χ1) is 17.0. The van der Waals surface area contributed by atoms with Gasteiger partial charge in [0.2, 0.25) is 5.91 Å². The fraction of sp³-hybridized carbons (Fsp3) is 0.200. The van der Waals surface area contributed by atoms with Gasteiger partial charge in [-0.15, -0.1) is 0 Å². The van der Waals surface area contributed by atoms with Gasteiger partial charge in [0.05, 0.1) is 11.4 Å². The molecular formula is C25H26N6O4. The van der Waals surface area contributed by atoms with E-state index in [4.69, 9.17) is 15.6 Å². The van der Waals surface area contributed by atoms with Gasteiger partial charge in [-0.2, -0.15) is 5.10 Å². The average molecular weight is 475 g/mol. The fourth-order valence-corrected chi connectivity index (χ4v) is 3.71. The number of aliphatic hydroxyl groups excluding tert-OH is 1. The first-order valence-electron chi connectivity index (χ1n) is 11.1. The number of anilines is 1. The van der Waals surface area contributed by atoms with Crippen molar-refractivity contribution < 1.29 is 19.7 Å². The molecule has 0 saturated carbocycles. The zero-order chi connectivity index (χ0) is 24.8. The number of aromatic hydroxyl groups is 1. The van der Waals surface area contributed by atoms with Gasteiger partial charge < -0.3 is 26.0 Å². The average Bonchev–Trinajstić information content (AvgIpc) is 3.26. The van der Waals surface area contributed by atoms with Gasteiger partial charge in [0.25, 0.3) is 0 Å². The van der Waals surface area contributed by atoms with Crippen LogP contribution in [-0.4, -0.2) is 49.0 Å². The van der Waals surface area contributed by atoms with Crippen molar-refractivity contribution in [3.8, 4) is 28.5 Å². The monoisotopic (exact) mass is 474 g/mol. The van der Waals surface area contributed by atoms with Gasteiger partial charge in [0.15, 0.2) is 5.65 Å². The molecule has 0 saturated heterocycles. The van der Waals surface area contributed by atoms with Crippen LogP contribution in [0.3, 0.4) is 0 Å². The number of aliphatic hydroxyl groups is 1. The van der Waals surface area contributed by atoms with E-state index in [0.717, 1.165) is 5.56 Å². The molecule has 0 aliphatic rings. The molecule has 2 heterocycles. The molecule has 0 radical (unpaired) electrons. The van der Waals surface area contributed by atoms with Crippen molar-refractivity contribution in [2.75, 3.05) is 18.9 Å². The molecule has 180 valence electrons. The number of phenols is 1. The lowest BCUT2D eigenvalue weighted by atomic mass is 10.1. The summed E-state index contributed by atoms with van der Waals surface area (Å²) in [7, 11) is 0. The van der Waals surface area contributed by atoms with E-state index < -0.39 is 0 Å². The minimum Gasteiger partial charge on any atom is -0.508 e. The van der Waals surface area contributed by atoms with Crippen LogP contribution in [0, 0.1) is 0 Å². The van der Waals surface area contributed by atoms with E-state index in [1.165, 1.54) is 12.4 Å². The number of nitrogens with two attached hydrogens (primary N) is 1. The standard InChI is InChI=1S/C25H26N6O4/c1-2-21(34)27-14-17(4-3-13-32)31-25-22(24(26)28-15-29-25)23(30-31)16-5-9-19(10-6-16)35-20-11-7-18(33)8-12-20/h2,5-12,15,17,32-33H,1,3-4,13-14H2,(H,27,34)(H2,26,28,29)/t17-/m1/s1. The molecule has 2 aromatic carbocycles. The summed E-state index contributed by atoms with van der Waals surface area (Å²) in [6.07, 6.45) is 3.67. The minimum atomic E-state index is -0.297. The van der Waals surface area contributed by atoms with Crippen LogP contribution in [0.1, 0.15) is 18.9 Å². The van der Waals surface area contributed by atoms with Crippen LogP contribution < -0.4 is 15.8 Å². The summed E-state index contributed by atoms with van der Waals surface area (Å²) in [4.78, 5) is 20.3. The molecule has 10 nitrogen and oxygen atoms in total. The van der Waals surface area contributed by atoms with E-state index in [9.17, 15) is 15.0 Å². The number of ether oxygens (including phenoxy) is 1. The molecule has 0 aliphatic heterocycles. The Balaban J connectivity index is 1.69. The fourth-order valence-electron chi connectivity index (χ4n) is 3.71. The third-order valence-corrected chi connectivity index (χ3v) is 5.46. The van der Waals surface area contributed by atoms with Crippen molar-refractivity contribution in [1.29, 1.82) is 0 Å². The predicted octanol–water partition coefficient (Wildman–Crippen LogP) is 3.19. The highest BCUT2D eigenvalue weighted by molar-refractivity contribution is 5.98. The van der Waals surface area contributed by atoms with Gasteiger partial charge in [-0.1, -0.05) is 6.58 Å². The molecule has 4 rings (SSSR count). The van der Waals surface area contributed by atoms with Gasteiger partial charge in [-0.25, -0.2) is 14.6 Å². The lowest BCUT2D eigenvalue weighted by Gasteiger charge is -2.18. The van der Waals surface area contributed by atoms with Crippen molar-refractivity contribution in [1.82, 2.24) is 25.1 Å². The van der Waals surface area contributed by atoms with Crippen LogP contribution in [0.4, 0.5) is 5.82 Å². The quantitative estimate of drug-likeness (QED) is 0.256. The van der Waals surface area contributed by atoms with Crippen LogP contribution in [-0.2, 0) is 4.79 Å². The Labute approximate surface area is 201 Å². The highest BCUT2D eigenvalue weighted by Crippen LogP contribution is 2.34. The maximum absolute atomic E-state index is 11.8. The maximum Gasteiger partial charge on any atom is 0.243 e. The van der Waals surface area contributed by atoms with Crippen molar-refractivity contribution in [2.45, 2.75) is 18.9 Å². The number of nitrogens with one attached hydrogen (secondary N) is 1. The lowest BCUT2D eigenvalue weighted by Crippen LogP contribution is -2.30. The molecule has 0 spiro atoms. The zero-order valence-corrected chi connectivity index (χ0v) is 19.0. The van der Waals surface area contributed by atoms with Crippen molar-refractivity contribution in [2.24, 2.45) is 0 Å². The molecule has 0 bridgehead atoms. The molecule has 0 fully saturated rings. The Morgan fingerprint density at radius 3 is 2.49 bits per heavy atom. The zero-order valence-electron chi connectivity index (χ0n) is 19.0. The number of phenolic OH excluding ortho intramolecular Hbond substituents is 1. The molecule has 0 unspecified atom stereocenters. The number of carbonyl (C=O) groups is 1. The smallest absolute Gasteiger partial charge is 0.243 e. The second-order valence-corrected chi connectivity index (χ2v) is 7.84. The summed E-state index contributed by atoms with van der Waals surface area (Å²) in [6, 6.07) is 13.5. The Morgan fingerprint density at radius 1 is 1.14 bits per heavy atom. The van der Waals surface area contributed by atoms with E-state index in [2.05, 4.69) is 21.9 Å². The van der Waals surface area contributed by atoms with E-state index in [0.29, 0.717) is 41.1 Å². The third kappa shape index (κ3) is 5.39. The number of rotatable bonds is 10. The first kappa shape index (κ1) is 23.7. The molecule has 1 amide bonds. The number of nitrogens with zero attached hydrogens (tertiary/aromatic N) is 4. The number of aromatic nitrogens is 4. The van der Waals surface area contributed by atoms with E-state index in [1.54, 1.807) is 41.1 Å². The second-order valence-electron chi connectivity index (χ2n) is 7.84. The first-order valence-corrected chi connectivity index (χ1v) is 11.1. The Kier molecular flexibility index (Phi) is 7.22. The van der Waals surface area contributed by atoms with E-state index in [-0.39, 0.29) is 36.7 Å². The molecule has 0 aliphatic carbocycles. The number of benzene rings is 2. The van der Waals surface area contributed by atoms with Crippen LogP contribution in [0.15, 0.2) is 67.5 Å². The number of carbonyl (C=O) groups excluding carboxylic acids is 1. The summed E-state index contributed by atoms with van der Waals surface area (Å²) in [5.41, 5.74) is 8.14. The minimum absolute atomic E-state index is 0.0115. The number of fused-ring (bicyclic) bond motifs is 1. The summed E-state index contributed by atoms with van der Waals surface area (Å²) >= 11 is 0. The molecule has 2 aromatic heterocycles. The normalized spacial score (nSPS) is 11.8. The molecule has 10 heteroatoms. The highest BCUT2D eigenvalue weighted by Gasteiger charge is 2.22. The van der Waals surface area contributed by atoms with Crippen LogP contribution in [0.5, 0.6) is 17.2 Å². The molecule has 35 heavy (non-hydrogen) atoms. The highest BCUT2D eigenvalue weighted by atomic mass is 16.5. The van der Waals surface area contributed by atoms with Crippen molar-refractivity contribution in [3.05, 3.63) is 67.5 Å². The van der Waals surface area contributed by atoms with Crippen LogP contribution >= 0.6 is 0 Å². The molecule has 1 atom stereocenters. The molecule has 4 aromatic rings. The molecular weight excluding hydrogens is 448 g/mol. The second kappa shape index (κ2) is 10.7. The van der Waals surface area contributed by atoms with Crippen LogP contribution in [0.2, 0.25) is 0 Å². The summed E-state index contributed by atoms with van der Waals surface area (Å²) in [5.74, 6) is 1.36. The summed E-state index contributed by atoms with van der Waals surface area (Å²) in [5, 5.41) is 27.0. The predicted molar refractivity (Wildman–Crippen MR) is 132 cm³/mol. The summed E-state index contributed by atoms with van der Waals surface area (Å²) in [6.45, 7) is 3.78. The van der Waals surface area contributed by atoms with Gasteiger partial charge in [-0.3, -0.25) is 4.79 Å². The Hall–Kier alpha value is -4.44. The maximum atomic E-state index is 11.8. The largest absolute Gasteiger partial charge is 0.508 e. The Bertz CT molecular complexity index is 1320. The van der Waals surface area contributed by atoms with Gasteiger partial charge >= 0.3 is 0 Å². The van der Waals surface area contributed by atoms with Gasteiger partial charge in [0, 0.05) is 18.7 Å². The van der Waals surface area contributed by atoms with Crippen molar-refractivity contribution >= 4 is 22.8 Å². The number of hydrogen-bond acceptors (Lipinski definition) is 8. The Morgan fingerprint density at radius 2 is 1.83 bits per heavy atom. The van der Waals surface area contributed by atoms with Gasteiger partial charge in [-0.05, 0) is 67.4 Å². The molecule has 5 N–H and O–H groups in total. The van der Waals surface area contributed by atoms with Crippen molar-refractivity contribution in [3.63, 3.8) is 0 Å². The number of amides is 1. The lowest BCUT2D eigenvalue weighted by molar-refractivity contribution is -0.116. The number of hydrogen-bond donors (Lipinski definition) is 4. The number of nitrogen functional groups attached to an aromatic ring is 1. The van der Waals surface area contributed by atoms with Crippen LogP contribution in [0.25, 0.3) is 22.3 Å². The topological polar surface area (TPSA) is 148 Å². The SMILES string of the molecule is C=CC(=O)NC[C@@H](CCCO)n1nc(-c2ccc(Oc3ccc(O)cc3)cc2)c2c(N)ncnc21. The van der Waals surface area contributed by atoms with E-state index >= 15 is 0 Å². The van der Waals surface area contributed by atoms with E-state index in [1.807, 2.05) is 12.1 Å². The third-order valence-electron chi connectivity index (χ3n) is 5.46. The van der Waals surface area contributed by atoms with Gasteiger partial charge in [0.1, 0.15) is 35.1 Å². The summed E-state index contributed by atoms with van der Waals surface area (Å²) < 4.78 is 7.55.